The van der Waals surface area contributed by atoms with Gasteiger partial charge in [0.05, 0.1) is 6.61 Å². The third kappa shape index (κ3) is 3.84. The molecule has 0 N–H and O–H groups in total. The Hall–Kier alpha value is -1.79. The fourth-order valence-electron chi connectivity index (χ4n) is 1.84. The van der Waals surface area contributed by atoms with Crippen molar-refractivity contribution in [3.05, 3.63) is 64.1 Å². The summed E-state index contributed by atoms with van der Waals surface area (Å²) in [5, 5.41) is 9.07. The van der Waals surface area contributed by atoms with Gasteiger partial charge in [0.15, 0.2) is 0 Å². The first-order chi connectivity index (χ1) is 9.31. The van der Waals surface area contributed by atoms with Crippen LogP contribution in [0.3, 0.4) is 0 Å². The van der Waals surface area contributed by atoms with E-state index < -0.39 is 0 Å². The van der Waals surface area contributed by atoms with Crippen LogP contribution in [0, 0.1) is 11.3 Å². The smallest absolute Gasteiger partial charge is 0.138 e. The van der Waals surface area contributed by atoms with E-state index in [0.717, 1.165) is 17.3 Å². The monoisotopic (exact) mass is 315 g/mol. The summed E-state index contributed by atoms with van der Waals surface area (Å²) < 4.78 is 6.45. The maximum absolute atomic E-state index is 9.07. The Bertz CT molecular complexity index is 575. The zero-order chi connectivity index (χ0) is 13.5. The van der Waals surface area contributed by atoms with E-state index >= 15 is 0 Å². The standard InChI is InChI=1S/C16H14BrNO/c17-15-9-4-10-16(14(15)12-18)19-11-5-8-13-6-2-1-3-7-13/h1-4,6-7,9-10H,5,8,11H2. The number of aryl methyl sites for hydroxylation is 1. The van der Waals surface area contributed by atoms with Crippen molar-refractivity contribution in [3.63, 3.8) is 0 Å². The van der Waals surface area contributed by atoms with Crippen molar-refractivity contribution in [3.8, 4) is 11.8 Å². The third-order valence-electron chi connectivity index (χ3n) is 2.80. The number of hydrogen-bond acceptors (Lipinski definition) is 2. The number of nitriles is 1. The van der Waals surface area contributed by atoms with Crippen molar-refractivity contribution >= 4 is 15.9 Å². The van der Waals surface area contributed by atoms with Crippen LogP contribution in [0.15, 0.2) is 53.0 Å². The molecule has 19 heavy (non-hydrogen) atoms. The first kappa shape index (κ1) is 13.6. The minimum Gasteiger partial charge on any atom is -0.492 e. The molecule has 2 rings (SSSR count). The molecule has 3 heteroatoms. The molecular formula is C16H14BrNO. The average Bonchev–Trinajstić information content (AvgIpc) is 2.45. The highest BCUT2D eigenvalue weighted by molar-refractivity contribution is 9.10. The number of halogens is 1. The Kier molecular flexibility index (Phi) is 5.00. The van der Waals surface area contributed by atoms with Crippen LogP contribution in [0.1, 0.15) is 17.5 Å². The van der Waals surface area contributed by atoms with E-state index in [2.05, 4.69) is 34.1 Å². The number of nitrogens with zero attached hydrogens (tertiary/aromatic N) is 1. The van der Waals surface area contributed by atoms with E-state index in [1.54, 1.807) is 0 Å². The molecule has 0 heterocycles. The number of benzene rings is 2. The van der Waals surface area contributed by atoms with Crippen LogP contribution < -0.4 is 4.74 Å². The van der Waals surface area contributed by atoms with Gasteiger partial charge in [-0.1, -0.05) is 36.4 Å². The molecule has 0 saturated heterocycles. The number of hydrogen-bond donors (Lipinski definition) is 0. The zero-order valence-corrected chi connectivity index (χ0v) is 12.1. The van der Waals surface area contributed by atoms with Gasteiger partial charge in [-0.15, -0.1) is 0 Å². The maximum Gasteiger partial charge on any atom is 0.138 e. The Morgan fingerprint density at radius 1 is 1.05 bits per heavy atom. The lowest BCUT2D eigenvalue weighted by Gasteiger charge is -2.08. The number of rotatable bonds is 5. The SMILES string of the molecule is N#Cc1c(Br)cccc1OCCCc1ccccc1. The van der Waals surface area contributed by atoms with Gasteiger partial charge in [0.2, 0.25) is 0 Å². The predicted octanol–water partition coefficient (Wildman–Crippen LogP) is 4.33. The number of ether oxygens (including phenoxy) is 1. The van der Waals surface area contributed by atoms with Crippen LogP contribution in [-0.2, 0) is 6.42 Å². The van der Waals surface area contributed by atoms with Crippen molar-refractivity contribution < 1.29 is 4.74 Å². The zero-order valence-electron chi connectivity index (χ0n) is 10.5. The highest BCUT2D eigenvalue weighted by Gasteiger charge is 2.06. The molecule has 0 bridgehead atoms. The molecule has 2 aromatic rings. The highest BCUT2D eigenvalue weighted by Crippen LogP contribution is 2.25. The van der Waals surface area contributed by atoms with E-state index in [4.69, 9.17) is 10.00 Å². The van der Waals surface area contributed by atoms with Crippen LogP contribution in [0.2, 0.25) is 0 Å². The third-order valence-corrected chi connectivity index (χ3v) is 3.46. The molecule has 0 radical (unpaired) electrons. The summed E-state index contributed by atoms with van der Waals surface area (Å²) in [7, 11) is 0. The quantitative estimate of drug-likeness (QED) is 0.769. The molecule has 0 aliphatic rings. The Morgan fingerprint density at radius 3 is 2.58 bits per heavy atom. The molecule has 0 amide bonds. The molecule has 0 aliphatic heterocycles. The van der Waals surface area contributed by atoms with Gasteiger partial charge in [-0.25, -0.2) is 0 Å². The topological polar surface area (TPSA) is 33.0 Å². The molecule has 0 fully saturated rings. The molecule has 0 aromatic heterocycles. The summed E-state index contributed by atoms with van der Waals surface area (Å²) in [4.78, 5) is 0. The second-order valence-corrected chi connectivity index (χ2v) is 5.02. The normalized spacial score (nSPS) is 9.89. The summed E-state index contributed by atoms with van der Waals surface area (Å²) >= 11 is 3.35. The molecule has 96 valence electrons. The fraction of sp³-hybridized carbons (Fsp3) is 0.188. The molecule has 2 aromatic carbocycles. The van der Waals surface area contributed by atoms with E-state index in [9.17, 15) is 0 Å². The first-order valence-electron chi connectivity index (χ1n) is 6.16. The van der Waals surface area contributed by atoms with Gasteiger partial charge in [-0.3, -0.25) is 0 Å². The van der Waals surface area contributed by atoms with Crippen molar-refractivity contribution in [2.75, 3.05) is 6.61 Å². The minimum atomic E-state index is 0.558. The molecule has 0 atom stereocenters. The predicted molar refractivity (Wildman–Crippen MR) is 79.1 cm³/mol. The summed E-state index contributed by atoms with van der Waals surface area (Å²) in [5.41, 5.74) is 1.86. The Labute approximate surface area is 121 Å². The van der Waals surface area contributed by atoms with Crippen LogP contribution in [0.4, 0.5) is 0 Å². The van der Waals surface area contributed by atoms with Gasteiger partial charge < -0.3 is 4.74 Å². The Balaban J connectivity index is 1.87. The second-order valence-electron chi connectivity index (χ2n) is 4.16. The van der Waals surface area contributed by atoms with Crippen molar-refractivity contribution in [1.29, 1.82) is 5.26 Å². The summed E-state index contributed by atoms with van der Waals surface area (Å²) in [6.07, 6.45) is 1.91. The first-order valence-corrected chi connectivity index (χ1v) is 6.96. The minimum absolute atomic E-state index is 0.558. The summed E-state index contributed by atoms with van der Waals surface area (Å²) in [6, 6.07) is 18.0. The maximum atomic E-state index is 9.07. The van der Waals surface area contributed by atoms with Gasteiger partial charge in [-0.2, -0.15) is 5.26 Å². The molecular weight excluding hydrogens is 302 g/mol. The second kappa shape index (κ2) is 6.96. The molecule has 0 unspecified atom stereocenters. The van der Waals surface area contributed by atoms with Gasteiger partial charge in [0.1, 0.15) is 17.4 Å². The lowest BCUT2D eigenvalue weighted by molar-refractivity contribution is 0.310. The van der Waals surface area contributed by atoms with Crippen molar-refractivity contribution in [1.82, 2.24) is 0 Å². The lowest BCUT2D eigenvalue weighted by Crippen LogP contribution is -2.01. The Morgan fingerprint density at radius 2 is 1.84 bits per heavy atom. The largest absolute Gasteiger partial charge is 0.492 e. The van der Waals surface area contributed by atoms with E-state index in [1.807, 2.05) is 36.4 Å². The lowest BCUT2D eigenvalue weighted by atomic mass is 10.1. The van der Waals surface area contributed by atoms with Gasteiger partial charge >= 0.3 is 0 Å². The molecule has 0 saturated carbocycles. The van der Waals surface area contributed by atoms with Crippen LogP contribution in [0.5, 0.6) is 5.75 Å². The van der Waals surface area contributed by atoms with Crippen LogP contribution in [0.25, 0.3) is 0 Å². The van der Waals surface area contributed by atoms with E-state index in [0.29, 0.717) is 17.9 Å². The highest BCUT2D eigenvalue weighted by atomic mass is 79.9. The fourth-order valence-corrected chi connectivity index (χ4v) is 2.27. The molecule has 0 aliphatic carbocycles. The van der Waals surface area contributed by atoms with Gasteiger partial charge in [-0.05, 0) is 46.5 Å². The average molecular weight is 316 g/mol. The van der Waals surface area contributed by atoms with E-state index in [1.165, 1.54) is 5.56 Å². The van der Waals surface area contributed by atoms with Crippen molar-refractivity contribution in [2.24, 2.45) is 0 Å². The van der Waals surface area contributed by atoms with E-state index in [-0.39, 0.29) is 0 Å². The molecule has 2 nitrogen and oxygen atoms in total. The van der Waals surface area contributed by atoms with Gasteiger partial charge in [0.25, 0.3) is 0 Å². The van der Waals surface area contributed by atoms with Crippen LogP contribution >= 0.6 is 15.9 Å². The van der Waals surface area contributed by atoms with Crippen molar-refractivity contribution in [2.45, 2.75) is 12.8 Å². The molecule has 0 spiro atoms. The summed E-state index contributed by atoms with van der Waals surface area (Å²) in [6.45, 7) is 0.611. The van der Waals surface area contributed by atoms with Gasteiger partial charge in [0, 0.05) is 4.47 Å². The van der Waals surface area contributed by atoms with Crippen LogP contribution in [-0.4, -0.2) is 6.61 Å². The summed E-state index contributed by atoms with van der Waals surface area (Å²) in [5.74, 6) is 0.643.